The van der Waals surface area contributed by atoms with Crippen molar-refractivity contribution < 1.29 is 4.79 Å². The molecule has 2 aromatic heterocycles. The van der Waals surface area contributed by atoms with E-state index >= 15 is 0 Å². The first-order chi connectivity index (χ1) is 9.63. The van der Waals surface area contributed by atoms with Gasteiger partial charge in [-0.1, -0.05) is 0 Å². The first kappa shape index (κ1) is 13.3. The highest BCUT2D eigenvalue weighted by molar-refractivity contribution is 7.13. The zero-order valence-electron chi connectivity index (χ0n) is 11.7. The fraction of sp³-hybridized carbons (Fsp3) is 0.500. The summed E-state index contributed by atoms with van der Waals surface area (Å²) >= 11 is 1.56. The standard InChI is InChI=1S/C14H18N4OS/c1-9-5-6-12(20-9)14(19)18-7-3-4-11(8-18)13-15-10(2)16-17-13/h5-6,11H,3-4,7-8H2,1-2H3,(H,15,16,17). The zero-order valence-corrected chi connectivity index (χ0v) is 12.5. The molecular formula is C14H18N4OS. The van der Waals surface area contributed by atoms with E-state index in [0.29, 0.717) is 6.54 Å². The molecule has 3 rings (SSSR count). The molecule has 2 aromatic rings. The average molecular weight is 290 g/mol. The van der Waals surface area contributed by atoms with Crippen molar-refractivity contribution in [3.8, 4) is 0 Å². The second kappa shape index (κ2) is 5.36. The molecule has 0 aromatic carbocycles. The lowest BCUT2D eigenvalue weighted by molar-refractivity contribution is 0.0709. The van der Waals surface area contributed by atoms with Gasteiger partial charge in [-0.3, -0.25) is 9.89 Å². The summed E-state index contributed by atoms with van der Waals surface area (Å²) in [4.78, 5) is 20.8. The molecule has 1 fully saturated rings. The Kier molecular flexibility index (Phi) is 3.56. The van der Waals surface area contributed by atoms with Crippen LogP contribution in [0.3, 0.4) is 0 Å². The van der Waals surface area contributed by atoms with Gasteiger partial charge >= 0.3 is 0 Å². The van der Waals surface area contributed by atoms with Gasteiger partial charge in [0.1, 0.15) is 5.82 Å². The summed E-state index contributed by atoms with van der Waals surface area (Å²) in [6.07, 6.45) is 2.05. The molecule has 1 aliphatic rings. The highest BCUT2D eigenvalue weighted by Crippen LogP contribution is 2.26. The van der Waals surface area contributed by atoms with E-state index in [-0.39, 0.29) is 11.8 Å². The van der Waals surface area contributed by atoms with Crippen LogP contribution < -0.4 is 0 Å². The Morgan fingerprint density at radius 2 is 2.30 bits per heavy atom. The van der Waals surface area contributed by atoms with Crippen molar-refractivity contribution in [2.45, 2.75) is 32.6 Å². The van der Waals surface area contributed by atoms with E-state index in [4.69, 9.17) is 0 Å². The molecule has 0 saturated carbocycles. The number of H-pyrrole nitrogens is 1. The van der Waals surface area contributed by atoms with Gasteiger partial charge in [0.25, 0.3) is 5.91 Å². The van der Waals surface area contributed by atoms with E-state index < -0.39 is 0 Å². The molecule has 5 nitrogen and oxygen atoms in total. The van der Waals surface area contributed by atoms with Crippen LogP contribution in [0.1, 0.15) is 45.0 Å². The third-order valence-corrected chi connectivity index (χ3v) is 4.63. The number of hydrogen-bond acceptors (Lipinski definition) is 4. The molecule has 1 atom stereocenters. The van der Waals surface area contributed by atoms with Crippen molar-refractivity contribution in [3.05, 3.63) is 33.5 Å². The Morgan fingerprint density at radius 3 is 2.95 bits per heavy atom. The van der Waals surface area contributed by atoms with Crippen LogP contribution in [0.4, 0.5) is 0 Å². The van der Waals surface area contributed by atoms with Crippen LogP contribution in [0.5, 0.6) is 0 Å². The van der Waals surface area contributed by atoms with Crippen LogP contribution in [0.2, 0.25) is 0 Å². The highest BCUT2D eigenvalue weighted by Gasteiger charge is 2.28. The smallest absolute Gasteiger partial charge is 0.263 e. The van der Waals surface area contributed by atoms with E-state index in [0.717, 1.165) is 35.9 Å². The fourth-order valence-corrected chi connectivity index (χ4v) is 3.46. The zero-order chi connectivity index (χ0) is 14.1. The van der Waals surface area contributed by atoms with Crippen LogP contribution in [0.25, 0.3) is 0 Å². The number of nitrogens with one attached hydrogen (secondary N) is 1. The second-order valence-corrected chi connectivity index (χ2v) is 6.57. The Bertz CT molecular complexity index is 618. The summed E-state index contributed by atoms with van der Waals surface area (Å²) in [5.41, 5.74) is 0. The summed E-state index contributed by atoms with van der Waals surface area (Å²) in [5.74, 6) is 2.05. The summed E-state index contributed by atoms with van der Waals surface area (Å²) in [6.45, 7) is 5.47. The lowest BCUT2D eigenvalue weighted by Gasteiger charge is -2.31. The molecular weight excluding hydrogens is 272 g/mol. The minimum Gasteiger partial charge on any atom is -0.337 e. The summed E-state index contributed by atoms with van der Waals surface area (Å²) in [5, 5.41) is 7.12. The molecule has 1 amide bonds. The maximum absolute atomic E-state index is 12.5. The van der Waals surface area contributed by atoms with E-state index in [1.54, 1.807) is 11.3 Å². The molecule has 1 aliphatic heterocycles. The number of nitrogens with zero attached hydrogens (tertiary/aromatic N) is 3. The quantitative estimate of drug-likeness (QED) is 0.924. The van der Waals surface area contributed by atoms with Crippen molar-refractivity contribution in [2.75, 3.05) is 13.1 Å². The minimum atomic E-state index is 0.139. The van der Waals surface area contributed by atoms with E-state index in [2.05, 4.69) is 15.2 Å². The van der Waals surface area contributed by atoms with Crippen molar-refractivity contribution in [2.24, 2.45) is 0 Å². The first-order valence-corrected chi connectivity index (χ1v) is 7.70. The maximum atomic E-state index is 12.5. The third-order valence-electron chi connectivity index (χ3n) is 3.64. The predicted molar refractivity (Wildman–Crippen MR) is 78.1 cm³/mol. The summed E-state index contributed by atoms with van der Waals surface area (Å²) < 4.78 is 0. The molecule has 3 heterocycles. The van der Waals surface area contributed by atoms with Gasteiger partial charge in [0.2, 0.25) is 0 Å². The van der Waals surface area contributed by atoms with Gasteiger partial charge < -0.3 is 4.90 Å². The number of amides is 1. The SMILES string of the molecule is Cc1nc(C2CCCN(C(=O)c3ccc(C)s3)C2)n[nH]1. The topological polar surface area (TPSA) is 61.9 Å². The van der Waals surface area contributed by atoms with Crippen LogP contribution >= 0.6 is 11.3 Å². The Balaban J connectivity index is 1.73. The van der Waals surface area contributed by atoms with E-state index in [9.17, 15) is 4.79 Å². The largest absolute Gasteiger partial charge is 0.337 e. The number of thiophene rings is 1. The number of carbonyl (C=O) groups is 1. The van der Waals surface area contributed by atoms with E-state index in [1.165, 1.54) is 4.88 Å². The predicted octanol–water partition coefficient (Wildman–Crippen LogP) is 2.50. The van der Waals surface area contributed by atoms with Gasteiger partial charge in [-0.25, -0.2) is 4.98 Å². The Labute approximate surface area is 122 Å². The van der Waals surface area contributed by atoms with Crippen molar-refractivity contribution in [1.82, 2.24) is 20.1 Å². The third kappa shape index (κ3) is 2.60. The second-order valence-electron chi connectivity index (χ2n) is 5.28. The summed E-state index contributed by atoms with van der Waals surface area (Å²) in [7, 11) is 0. The molecule has 1 saturated heterocycles. The maximum Gasteiger partial charge on any atom is 0.263 e. The molecule has 1 N–H and O–H groups in total. The van der Waals surface area contributed by atoms with Gasteiger partial charge in [-0.05, 0) is 38.8 Å². The lowest BCUT2D eigenvalue weighted by Crippen LogP contribution is -2.39. The number of carbonyl (C=O) groups excluding carboxylic acids is 1. The monoisotopic (exact) mass is 290 g/mol. The van der Waals surface area contributed by atoms with Crippen LogP contribution in [-0.4, -0.2) is 39.1 Å². The van der Waals surface area contributed by atoms with Crippen LogP contribution in [0, 0.1) is 13.8 Å². The number of likely N-dealkylation sites (tertiary alicyclic amines) is 1. The number of aromatic nitrogens is 3. The van der Waals surface area contributed by atoms with E-state index in [1.807, 2.05) is 30.9 Å². The molecule has 0 spiro atoms. The van der Waals surface area contributed by atoms with Gasteiger partial charge in [0.05, 0.1) is 4.88 Å². The summed E-state index contributed by atoms with van der Waals surface area (Å²) in [6, 6.07) is 3.92. The average Bonchev–Trinajstić information content (AvgIpc) is 3.07. The molecule has 0 radical (unpaired) electrons. The molecule has 6 heteroatoms. The number of piperidine rings is 1. The van der Waals surface area contributed by atoms with Gasteiger partial charge in [-0.2, -0.15) is 5.10 Å². The lowest BCUT2D eigenvalue weighted by atomic mass is 9.97. The minimum absolute atomic E-state index is 0.139. The number of rotatable bonds is 2. The number of aromatic amines is 1. The van der Waals surface area contributed by atoms with Gasteiger partial charge in [0, 0.05) is 23.9 Å². The van der Waals surface area contributed by atoms with Crippen LogP contribution in [0.15, 0.2) is 12.1 Å². The Hall–Kier alpha value is -1.69. The van der Waals surface area contributed by atoms with Crippen molar-refractivity contribution >= 4 is 17.2 Å². The molecule has 0 bridgehead atoms. The molecule has 20 heavy (non-hydrogen) atoms. The molecule has 0 aliphatic carbocycles. The highest BCUT2D eigenvalue weighted by atomic mass is 32.1. The fourth-order valence-electron chi connectivity index (χ4n) is 2.62. The van der Waals surface area contributed by atoms with Crippen molar-refractivity contribution in [1.29, 1.82) is 0 Å². The normalized spacial score (nSPS) is 19.3. The Morgan fingerprint density at radius 1 is 1.45 bits per heavy atom. The van der Waals surface area contributed by atoms with Gasteiger partial charge in [-0.15, -0.1) is 11.3 Å². The van der Waals surface area contributed by atoms with Gasteiger partial charge in [0.15, 0.2) is 5.82 Å². The first-order valence-electron chi connectivity index (χ1n) is 6.88. The number of aryl methyl sites for hydroxylation is 2. The molecule has 106 valence electrons. The molecule has 1 unspecified atom stereocenters. The van der Waals surface area contributed by atoms with Crippen LogP contribution in [-0.2, 0) is 0 Å². The number of hydrogen-bond donors (Lipinski definition) is 1. The van der Waals surface area contributed by atoms with Crippen molar-refractivity contribution in [3.63, 3.8) is 0 Å².